The largest absolute Gasteiger partial charge is 0.481 e. The van der Waals surface area contributed by atoms with E-state index >= 15 is 0 Å². The van der Waals surface area contributed by atoms with Crippen molar-refractivity contribution in [1.29, 1.82) is 0 Å². The predicted octanol–water partition coefficient (Wildman–Crippen LogP) is -0.209. The molecule has 0 saturated heterocycles. The summed E-state index contributed by atoms with van der Waals surface area (Å²) < 4.78 is 86.6. The zero-order valence-electron chi connectivity index (χ0n) is 35.2. The Morgan fingerprint density at radius 3 is 0.525 bits per heavy atom. The quantitative estimate of drug-likeness (QED) is 0.0671. The molecule has 0 aromatic heterocycles. The molecule has 0 unspecified atom stereocenters. The van der Waals surface area contributed by atoms with Crippen molar-refractivity contribution in [2.45, 2.75) is 12.8 Å². The van der Waals surface area contributed by atoms with Gasteiger partial charge in [0.05, 0.1) is 224 Å². The first kappa shape index (κ1) is 57.3. The van der Waals surface area contributed by atoms with Crippen LogP contribution in [0.15, 0.2) is 0 Å². The third kappa shape index (κ3) is 56.3. The first-order valence-electron chi connectivity index (χ1n) is 20.5. The van der Waals surface area contributed by atoms with Crippen LogP contribution in [0.2, 0.25) is 0 Å². The SMILES string of the molecule is O=C(O)CCOCCOCCOCCOCCOCCOCCOCCOCCNCCOCCOCCOCCOCCOCCOCCOCCOCCC(=O)O. The van der Waals surface area contributed by atoms with Crippen LogP contribution in [0.4, 0.5) is 0 Å². The maximum Gasteiger partial charge on any atom is 0.305 e. The van der Waals surface area contributed by atoms with E-state index in [1.165, 1.54) is 0 Å². The number of ether oxygens (including phenoxy) is 16. The molecule has 0 aliphatic rings. The Morgan fingerprint density at radius 2 is 0.373 bits per heavy atom. The molecule has 0 atom stereocenters. The summed E-state index contributed by atoms with van der Waals surface area (Å²) in [6, 6.07) is 0. The molecule has 21 heteroatoms. The number of carboxylic acids is 2. The summed E-state index contributed by atoms with van der Waals surface area (Å²) in [6.45, 7) is 16.1. The Balaban J connectivity index is 3.07. The van der Waals surface area contributed by atoms with Gasteiger partial charge >= 0.3 is 11.9 Å². The highest BCUT2D eigenvalue weighted by atomic mass is 16.6. The van der Waals surface area contributed by atoms with Crippen LogP contribution in [0.3, 0.4) is 0 Å². The van der Waals surface area contributed by atoms with Gasteiger partial charge in [-0.15, -0.1) is 0 Å². The molecule has 0 spiro atoms. The third-order valence-corrected chi connectivity index (χ3v) is 6.98. The summed E-state index contributed by atoms with van der Waals surface area (Å²) >= 11 is 0. The molecule has 21 nitrogen and oxygen atoms in total. The van der Waals surface area contributed by atoms with Crippen molar-refractivity contribution in [3.05, 3.63) is 0 Å². The fourth-order valence-corrected chi connectivity index (χ4v) is 4.02. The standard InChI is InChI=1S/C38H75NO20/c40-37(41)1-5-44-9-13-48-17-21-52-25-29-56-33-35-58-31-27-54-23-19-50-15-11-46-7-3-39-4-8-47-12-16-51-20-24-55-28-32-59-36-34-57-30-26-53-22-18-49-14-10-45-6-2-38(42)43/h39H,1-36H2,(H,40,41)(H,42,43). The monoisotopic (exact) mass is 865 g/mol. The van der Waals surface area contributed by atoms with E-state index in [0.29, 0.717) is 198 Å². The van der Waals surface area contributed by atoms with E-state index in [4.69, 9.17) is 86.0 Å². The van der Waals surface area contributed by atoms with Crippen molar-refractivity contribution in [3.63, 3.8) is 0 Å². The van der Waals surface area contributed by atoms with Gasteiger partial charge in [-0.05, 0) is 0 Å². The average Bonchev–Trinajstić information content (AvgIpc) is 3.22. The molecule has 0 saturated carbocycles. The normalized spacial score (nSPS) is 11.5. The fraction of sp³-hybridized carbons (Fsp3) is 0.947. The van der Waals surface area contributed by atoms with Gasteiger partial charge in [-0.1, -0.05) is 0 Å². The smallest absolute Gasteiger partial charge is 0.305 e. The molecule has 0 fully saturated rings. The second kappa shape index (κ2) is 52.4. The number of hydrogen-bond acceptors (Lipinski definition) is 19. The molecule has 0 heterocycles. The van der Waals surface area contributed by atoms with Gasteiger partial charge in [-0.2, -0.15) is 0 Å². The van der Waals surface area contributed by atoms with E-state index in [-0.39, 0.29) is 26.1 Å². The number of rotatable bonds is 54. The molecule has 0 aliphatic heterocycles. The van der Waals surface area contributed by atoms with Crippen LogP contribution >= 0.6 is 0 Å². The highest BCUT2D eigenvalue weighted by molar-refractivity contribution is 5.67. The predicted molar refractivity (Wildman–Crippen MR) is 210 cm³/mol. The first-order valence-corrected chi connectivity index (χ1v) is 20.5. The summed E-state index contributed by atoms with van der Waals surface area (Å²) in [4.78, 5) is 20.7. The second-order valence-corrected chi connectivity index (χ2v) is 11.8. The minimum atomic E-state index is -0.878. The van der Waals surface area contributed by atoms with Gasteiger partial charge in [-0.25, -0.2) is 0 Å². The van der Waals surface area contributed by atoms with Gasteiger partial charge in [0.2, 0.25) is 0 Å². The first-order chi connectivity index (χ1) is 29.1. The third-order valence-electron chi connectivity index (χ3n) is 6.98. The lowest BCUT2D eigenvalue weighted by atomic mass is 10.5. The van der Waals surface area contributed by atoms with Gasteiger partial charge in [0.15, 0.2) is 0 Å². The zero-order valence-corrected chi connectivity index (χ0v) is 35.2. The van der Waals surface area contributed by atoms with Crippen LogP contribution in [0.1, 0.15) is 12.8 Å². The van der Waals surface area contributed by atoms with Crippen molar-refractivity contribution in [3.8, 4) is 0 Å². The van der Waals surface area contributed by atoms with E-state index in [9.17, 15) is 9.59 Å². The lowest BCUT2D eigenvalue weighted by molar-refractivity contribution is -0.139. The number of carbonyl (C=O) groups is 2. The van der Waals surface area contributed by atoms with Gasteiger partial charge in [-0.3, -0.25) is 9.59 Å². The van der Waals surface area contributed by atoms with Gasteiger partial charge in [0, 0.05) is 13.1 Å². The second-order valence-electron chi connectivity index (χ2n) is 11.8. The Bertz CT molecular complexity index is 772. The minimum Gasteiger partial charge on any atom is -0.481 e. The summed E-state index contributed by atoms with van der Waals surface area (Å²) in [5, 5.41) is 20.3. The van der Waals surface area contributed by atoms with Crippen LogP contribution in [0.5, 0.6) is 0 Å². The van der Waals surface area contributed by atoms with Crippen LogP contribution in [0.25, 0.3) is 0 Å². The molecular weight excluding hydrogens is 790 g/mol. The van der Waals surface area contributed by atoms with Crippen molar-refractivity contribution < 1.29 is 95.6 Å². The summed E-state index contributed by atoms with van der Waals surface area (Å²) in [7, 11) is 0. The van der Waals surface area contributed by atoms with Crippen LogP contribution < -0.4 is 5.32 Å². The van der Waals surface area contributed by atoms with E-state index in [1.807, 2.05) is 0 Å². The molecule has 0 amide bonds. The van der Waals surface area contributed by atoms with Gasteiger partial charge in [0.1, 0.15) is 0 Å². The van der Waals surface area contributed by atoms with Crippen LogP contribution in [-0.4, -0.2) is 247 Å². The summed E-state index contributed by atoms with van der Waals surface area (Å²) in [6.07, 6.45) is -0.0152. The Labute approximate surface area is 350 Å². The lowest BCUT2D eigenvalue weighted by Crippen LogP contribution is -2.25. The summed E-state index contributed by atoms with van der Waals surface area (Å²) in [5.41, 5.74) is 0. The number of nitrogens with one attached hydrogen (secondary N) is 1. The summed E-state index contributed by atoms with van der Waals surface area (Å²) in [5.74, 6) is -1.76. The van der Waals surface area contributed by atoms with E-state index in [2.05, 4.69) is 5.32 Å². The van der Waals surface area contributed by atoms with Crippen LogP contribution in [0, 0.1) is 0 Å². The molecule has 0 aromatic carbocycles. The van der Waals surface area contributed by atoms with Crippen molar-refractivity contribution in [2.24, 2.45) is 0 Å². The van der Waals surface area contributed by atoms with E-state index in [1.54, 1.807) is 0 Å². The Hall–Kier alpha value is -1.74. The molecule has 3 N–H and O–H groups in total. The average molecular weight is 866 g/mol. The molecule has 0 aromatic rings. The molecule has 0 radical (unpaired) electrons. The maximum absolute atomic E-state index is 10.4. The number of hydrogen-bond donors (Lipinski definition) is 3. The maximum atomic E-state index is 10.4. The highest BCUT2D eigenvalue weighted by Gasteiger charge is 2.00. The molecular formula is C38H75NO20. The topological polar surface area (TPSA) is 234 Å². The molecule has 352 valence electrons. The zero-order chi connectivity index (χ0) is 42.6. The van der Waals surface area contributed by atoms with Crippen molar-refractivity contribution >= 4 is 11.9 Å². The Kier molecular flexibility index (Phi) is 50.9. The van der Waals surface area contributed by atoms with E-state index in [0.717, 1.165) is 13.1 Å². The number of aliphatic carboxylic acids is 2. The Morgan fingerprint density at radius 1 is 0.237 bits per heavy atom. The van der Waals surface area contributed by atoms with E-state index < -0.39 is 11.9 Å². The van der Waals surface area contributed by atoms with Crippen molar-refractivity contribution in [1.82, 2.24) is 5.32 Å². The fourth-order valence-electron chi connectivity index (χ4n) is 4.02. The molecule has 59 heavy (non-hydrogen) atoms. The minimum absolute atomic E-state index is 0.00761. The molecule has 0 aliphatic carbocycles. The molecule has 0 bridgehead atoms. The lowest BCUT2D eigenvalue weighted by Gasteiger charge is -2.09. The van der Waals surface area contributed by atoms with Gasteiger partial charge < -0.3 is 91.3 Å². The molecule has 0 rings (SSSR count). The number of carboxylic acid groups (broad SMARTS) is 2. The van der Waals surface area contributed by atoms with Gasteiger partial charge in [0.25, 0.3) is 0 Å². The highest BCUT2D eigenvalue weighted by Crippen LogP contribution is 1.89. The van der Waals surface area contributed by atoms with Crippen molar-refractivity contribution in [2.75, 3.05) is 225 Å². The van der Waals surface area contributed by atoms with Crippen LogP contribution in [-0.2, 0) is 85.4 Å².